The fourth-order valence-electron chi connectivity index (χ4n) is 2.19. The van der Waals surface area contributed by atoms with Gasteiger partial charge >= 0.3 is 0 Å². The van der Waals surface area contributed by atoms with Gasteiger partial charge in [0, 0.05) is 17.6 Å². The third kappa shape index (κ3) is 4.56. The van der Waals surface area contributed by atoms with Crippen LogP contribution in [-0.4, -0.2) is 23.0 Å². The van der Waals surface area contributed by atoms with Gasteiger partial charge in [-0.15, -0.1) is 24.8 Å². The smallest absolute Gasteiger partial charge is 0.253 e. The number of nitrogens with zero attached hydrogens (tertiary/aromatic N) is 1. The van der Waals surface area contributed by atoms with E-state index in [0.717, 1.165) is 16.6 Å². The highest BCUT2D eigenvalue weighted by molar-refractivity contribution is 6.05. The number of benzene rings is 1. The maximum atomic E-state index is 12.6. The van der Waals surface area contributed by atoms with E-state index in [0.29, 0.717) is 12.1 Å². The number of carbonyl (C=O) groups is 1. The minimum atomic E-state index is -0.428. The number of carbonyl (C=O) groups excluding carboxylic acids is 1. The van der Waals surface area contributed by atoms with E-state index >= 15 is 0 Å². The maximum absolute atomic E-state index is 12.6. The van der Waals surface area contributed by atoms with Crippen molar-refractivity contribution in [3.63, 3.8) is 0 Å². The van der Waals surface area contributed by atoms with Gasteiger partial charge in [0.1, 0.15) is 0 Å². The molecule has 128 valence electrons. The second kappa shape index (κ2) is 8.48. The van der Waals surface area contributed by atoms with Crippen LogP contribution in [0.25, 0.3) is 10.9 Å². The van der Waals surface area contributed by atoms with Gasteiger partial charge in [-0.25, -0.2) is 0 Å². The van der Waals surface area contributed by atoms with Gasteiger partial charge in [-0.3, -0.25) is 9.78 Å². The summed E-state index contributed by atoms with van der Waals surface area (Å²) in [6, 6.07) is 9.58. The van der Waals surface area contributed by atoms with E-state index in [1.807, 2.05) is 38.1 Å². The van der Waals surface area contributed by atoms with Crippen molar-refractivity contribution in [3.8, 4) is 0 Å². The molecule has 1 heterocycles. The molecule has 1 amide bonds. The molecule has 0 saturated carbocycles. The van der Waals surface area contributed by atoms with Crippen LogP contribution in [0.3, 0.4) is 0 Å². The lowest BCUT2D eigenvalue weighted by molar-refractivity contribution is 0.0885. The first-order valence-electron chi connectivity index (χ1n) is 7.26. The number of hydrogen-bond acceptors (Lipinski definition) is 3. The number of nitrogens with two attached hydrogens (primary N) is 1. The molecule has 0 spiro atoms. The Hall–Kier alpha value is -1.36. The number of rotatable bonds is 4. The summed E-state index contributed by atoms with van der Waals surface area (Å²) in [6.07, 6.45) is 0. The van der Waals surface area contributed by atoms with Crippen LogP contribution in [0.5, 0.6) is 0 Å². The Labute approximate surface area is 150 Å². The number of hydrogen-bond donors (Lipinski definition) is 2. The van der Waals surface area contributed by atoms with Crippen LogP contribution in [0.15, 0.2) is 30.3 Å². The summed E-state index contributed by atoms with van der Waals surface area (Å²) in [7, 11) is 0. The predicted octanol–water partition coefficient (Wildman–Crippen LogP) is 3.49. The van der Waals surface area contributed by atoms with Crippen molar-refractivity contribution in [3.05, 3.63) is 41.6 Å². The van der Waals surface area contributed by atoms with Gasteiger partial charge in [-0.05, 0) is 31.9 Å². The minimum Gasteiger partial charge on any atom is -0.345 e. The van der Waals surface area contributed by atoms with Crippen LogP contribution in [0.1, 0.15) is 36.8 Å². The molecule has 3 N–H and O–H groups in total. The van der Waals surface area contributed by atoms with E-state index in [1.165, 1.54) is 0 Å². The van der Waals surface area contributed by atoms with Crippen molar-refractivity contribution >= 4 is 41.6 Å². The molecule has 2 aromatic rings. The average Bonchev–Trinajstić information content (AvgIpc) is 2.46. The zero-order valence-corrected chi connectivity index (χ0v) is 15.6. The lowest BCUT2D eigenvalue weighted by Gasteiger charge is -2.33. The third-order valence-corrected chi connectivity index (χ3v) is 4.20. The molecule has 1 unspecified atom stereocenters. The Bertz CT molecular complexity index is 676. The maximum Gasteiger partial charge on any atom is 0.253 e. The summed E-state index contributed by atoms with van der Waals surface area (Å²) in [6.45, 7) is 8.40. The molecule has 0 aliphatic heterocycles. The fraction of sp³-hybridized carbons (Fsp3) is 0.412. The van der Waals surface area contributed by atoms with E-state index in [1.54, 1.807) is 6.07 Å². The van der Waals surface area contributed by atoms with Crippen LogP contribution < -0.4 is 11.1 Å². The van der Waals surface area contributed by atoms with E-state index < -0.39 is 5.54 Å². The molecule has 4 nitrogen and oxygen atoms in total. The third-order valence-electron chi connectivity index (χ3n) is 4.20. The number of halogens is 2. The minimum absolute atomic E-state index is 0. The van der Waals surface area contributed by atoms with Gasteiger partial charge in [-0.2, -0.15) is 0 Å². The molecule has 23 heavy (non-hydrogen) atoms. The number of aryl methyl sites for hydroxylation is 1. The molecule has 0 bridgehead atoms. The predicted molar refractivity (Wildman–Crippen MR) is 101 cm³/mol. The van der Waals surface area contributed by atoms with Crippen molar-refractivity contribution in [1.82, 2.24) is 10.3 Å². The van der Waals surface area contributed by atoms with Crippen molar-refractivity contribution in [2.45, 2.75) is 33.2 Å². The SMILES string of the molecule is Cc1ccc2cccc(C(=O)NC(C)(CN)C(C)C)c2n1.Cl.Cl. The van der Waals surface area contributed by atoms with Gasteiger partial charge in [0.2, 0.25) is 0 Å². The van der Waals surface area contributed by atoms with E-state index in [9.17, 15) is 4.79 Å². The van der Waals surface area contributed by atoms with E-state index in [2.05, 4.69) is 24.1 Å². The Morgan fingerprint density at radius 2 is 1.91 bits per heavy atom. The van der Waals surface area contributed by atoms with Gasteiger partial charge in [0.05, 0.1) is 16.6 Å². The highest BCUT2D eigenvalue weighted by atomic mass is 35.5. The van der Waals surface area contributed by atoms with E-state index in [-0.39, 0.29) is 36.6 Å². The molecule has 0 fully saturated rings. The number of fused-ring (bicyclic) bond motifs is 1. The number of amides is 1. The van der Waals surface area contributed by atoms with Gasteiger partial charge < -0.3 is 11.1 Å². The fourth-order valence-corrected chi connectivity index (χ4v) is 2.19. The number of aromatic nitrogens is 1. The van der Waals surface area contributed by atoms with Crippen LogP contribution >= 0.6 is 24.8 Å². The van der Waals surface area contributed by atoms with Crippen molar-refractivity contribution in [2.75, 3.05) is 6.54 Å². The molecule has 0 aliphatic rings. The quantitative estimate of drug-likeness (QED) is 0.879. The highest BCUT2D eigenvalue weighted by Crippen LogP contribution is 2.20. The average molecular weight is 358 g/mol. The number of para-hydroxylation sites is 1. The molecule has 0 saturated heterocycles. The van der Waals surface area contributed by atoms with Gasteiger partial charge in [-0.1, -0.05) is 32.0 Å². The largest absolute Gasteiger partial charge is 0.345 e. The van der Waals surface area contributed by atoms with Crippen molar-refractivity contribution in [1.29, 1.82) is 0 Å². The van der Waals surface area contributed by atoms with E-state index in [4.69, 9.17) is 5.73 Å². The zero-order valence-electron chi connectivity index (χ0n) is 13.9. The zero-order chi connectivity index (χ0) is 15.6. The first kappa shape index (κ1) is 21.6. The summed E-state index contributed by atoms with van der Waals surface area (Å²) >= 11 is 0. The molecule has 1 aromatic heterocycles. The molecular formula is C17H25Cl2N3O. The Morgan fingerprint density at radius 3 is 2.48 bits per heavy atom. The number of nitrogens with one attached hydrogen (secondary N) is 1. The van der Waals surface area contributed by atoms with Crippen LogP contribution in [0, 0.1) is 12.8 Å². The highest BCUT2D eigenvalue weighted by Gasteiger charge is 2.29. The molecule has 0 radical (unpaired) electrons. The lowest BCUT2D eigenvalue weighted by atomic mass is 9.88. The Kier molecular flexibility index (Phi) is 7.98. The van der Waals surface area contributed by atoms with Gasteiger partial charge in [0.25, 0.3) is 5.91 Å². The standard InChI is InChI=1S/C17H23N3O.2ClH/c1-11(2)17(4,10-18)20-16(21)14-7-5-6-13-9-8-12(3)19-15(13)14;;/h5-9,11H,10,18H2,1-4H3,(H,20,21);2*1H. The molecular weight excluding hydrogens is 333 g/mol. The van der Waals surface area contributed by atoms with Crippen LogP contribution in [0.4, 0.5) is 0 Å². The monoisotopic (exact) mass is 357 g/mol. The second-order valence-electron chi connectivity index (χ2n) is 6.06. The molecule has 0 aliphatic carbocycles. The first-order chi connectivity index (χ1) is 9.87. The molecule has 1 atom stereocenters. The van der Waals surface area contributed by atoms with Gasteiger partial charge in [0.15, 0.2) is 0 Å². The molecule has 2 rings (SSSR count). The first-order valence-corrected chi connectivity index (χ1v) is 7.26. The second-order valence-corrected chi connectivity index (χ2v) is 6.06. The van der Waals surface area contributed by atoms with Crippen molar-refractivity contribution < 1.29 is 4.79 Å². The molecule has 6 heteroatoms. The summed E-state index contributed by atoms with van der Waals surface area (Å²) in [5, 5.41) is 4.03. The van der Waals surface area contributed by atoms with Crippen molar-refractivity contribution in [2.24, 2.45) is 11.7 Å². The summed E-state index contributed by atoms with van der Waals surface area (Å²) < 4.78 is 0. The Morgan fingerprint density at radius 1 is 1.26 bits per heavy atom. The Balaban J connectivity index is 0.00000242. The summed E-state index contributed by atoms with van der Waals surface area (Å²) in [5.41, 5.74) is 7.64. The number of pyridine rings is 1. The normalized spacial score (nSPS) is 13.0. The van der Waals surface area contributed by atoms with Crippen LogP contribution in [0.2, 0.25) is 0 Å². The summed E-state index contributed by atoms with van der Waals surface area (Å²) in [5.74, 6) is 0.122. The lowest BCUT2D eigenvalue weighted by Crippen LogP contribution is -2.55. The van der Waals surface area contributed by atoms with Crippen LogP contribution in [-0.2, 0) is 0 Å². The summed E-state index contributed by atoms with van der Waals surface area (Å²) in [4.78, 5) is 17.1. The molecule has 1 aromatic carbocycles. The topological polar surface area (TPSA) is 68.0 Å².